The minimum Gasteiger partial charge on any atom is -0.431 e. The third-order valence-electron chi connectivity index (χ3n) is 6.90. The van der Waals surface area contributed by atoms with Crippen molar-refractivity contribution in [2.45, 2.75) is 49.6 Å². The highest BCUT2D eigenvalue weighted by molar-refractivity contribution is 8.00. The number of nitrogens with zero attached hydrogens (tertiary/aromatic N) is 4. The molecule has 1 saturated heterocycles. The average Bonchev–Trinajstić information content (AvgIpc) is 3.45. The number of allylic oxidation sites excluding steroid dienone is 1. The zero-order chi connectivity index (χ0) is 30.3. The number of aromatic nitrogens is 2. The van der Waals surface area contributed by atoms with E-state index < -0.39 is 47.9 Å². The molecule has 2 amide bonds. The number of nitrogens with one attached hydrogen (secondary N) is 1. The molecule has 1 saturated carbocycles. The summed E-state index contributed by atoms with van der Waals surface area (Å²) in [6, 6.07) is 2.55. The fourth-order valence-electron chi connectivity index (χ4n) is 4.80. The van der Waals surface area contributed by atoms with Gasteiger partial charge in [-0.2, -0.15) is 0 Å². The third kappa shape index (κ3) is 6.97. The third-order valence-corrected chi connectivity index (χ3v) is 8.88. The van der Waals surface area contributed by atoms with Gasteiger partial charge in [0.1, 0.15) is 28.9 Å². The van der Waals surface area contributed by atoms with Crippen molar-refractivity contribution in [3.63, 3.8) is 0 Å². The summed E-state index contributed by atoms with van der Waals surface area (Å²) >= 11 is 2.37. The number of nitrogens with two attached hydrogens (primary N) is 1. The molecule has 5 rings (SSSR count). The van der Waals surface area contributed by atoms with Gasteiger partial charge < -0.3 is 30.5 Å². The van der Waals surface area contributed by atoms with Crippen LogP contribution >= 0.6 is 23.1 Å². The molecule has 0 aromatic carbocycles. The number of ether oxygens (including phenoxy) is 3. The number of carbonyl (C=O) groups is 4. The quantitative estimate of drug-likeness (QED) is 0.0919. The van der Waals surface area contributed by atoms with Crippen LogP contribution in [0.4, 0.5) is 9.93 Å². The lowest BCUT2D eigenvalue weighted by molar-refractivity contribution is -0.158. The zero-order valence-electron chi connectivity index (χ0n) is 22.7. The Morgan fingerprint density at radius 1 is 1.21 bits per heavy atom. The molecule has 14 nitrogen and oxygen atoms in total. The first-order valence-electron chi connectivity index (χ1n) is 13.4. The van der Waals surface area contributed by atoms with Gasteiger partial charge in [0.25, 0.3) is 11.8 Å². The number of β-lactam (4-membered cyclic amide) rings is 1. The molecule has 0 spiro atoms. The lowest BCUT2D eigenvalue weighted by Gasteiger charge is -2.49. The average molecular weight is 629 g/mol. The van der Waals surface area contributed by atoms with E-state index in [1.807, 2.05) is 6.07 Å². The summed E-state index contributed by atoms with van der Waals surface area (Å²) < 4.78 is 15.5. The van der Waals surface area contributed by atoms with Crippen LogP contribution in [0.2, 0.25) is 0 Å². The van der Waals surface area contributed by atoms with Gasteiger partial charge >= 0.3 is 12.1 Å². The van der Waals surface area contributed by atoms with Crippen LogP contribution in [0.5, 0.6) is 0 Å². The summed E-state index contributed by atoms with van der Waals surface area (Å²) in [5, 5.41) is 15.9. The highest BCUT2D eigenvalue weighted by Crippen LogP contribution is 2.41. The van der Waals surface area contributed by atoms with Crippen LogP contribution in [0.3, 0.4) is 0 Å². The predicted octanol–water partition coefficient (Wildman–Crippen LogP) is 2.65. The number of rotatable bonds is 9. The zero-order valence-corrected chi connectivity index (χ0v) is 24.3. The molecule has 2 atom stereocenters. The first kappa shape index (κ1) is 30.0. The Balaban J connectivity index is 1.28. The molecular weight excluding hydrogens is 600 g/mol. The first-order valence-corrected chi connectivity index (χ1v) is 15.3. The molecule has 4 heterocycles. The highest BCUT2D eigenvalue weighted by atomic mass is 32.2. The second-order valence-electron chi connectivity index (χ2n) is 9.70. The molecule has 3 aliphatic rings. The van der Waals surface area contributed by atoms with Gasteiger partial charge in [-0.05, 0) is 42.9 Å². The number of anilines is 1. The Morgan fingerprint density at radius 3 is 2.72 bits per heavy atom. The van der Waals surface area contributed by atoms with Gasteiger partial charge in [-0.3, -0.25) is 19.5 Å². The molecule has 0 unspecified atom stereocenters. The summed E-state index contributed by atoms with van der Waals surface area (Å²) in [4.78, 5) is 60.8. The predicted molar refractivity (Wildman–Crippen MR) is 156 cm³/mol. The number of hydrogen-bond acceptors (Lipinski definition) is 14. The lowest BCUT2D eigenvalue weighted by atomic mass is 9.98. The van der Waals surface area contributed by atoms with E-state index in [0.29, 0.717) is 5.57 Å². The van der Waals surface area contributed by atoms with Crippen molar-refractivity contribution in [1.82, 2.24) is 20.2 Å². The van der Waals surface area contributed by atoms with E-state index in [4.69, 9.17) is 19.9 Å². The number of esters is 1. The van der Waals surface area contributed by atoms with E-state index in [2.05, 4.69) is 20.4 Å². The van der Waals surface area contributed by atoms with Crippen LogP contribution in [0.1, 0.15) is 43.4 Å². The van der Waals surface area contributed by atoms with Gasteiger partial charge in [-0.25, -0.2) is 14.6 Å². The van der Waals surface area contributed by atoms with E-state index in [0.717, 1.165) is 49.0 Å². The Bertz CT molecular complexity index is 1470. The summed E-state index contributed by atoms with van der Waals surface area (Å²) in [6.45, 7) is -0.708. The lowest BCUT2D eigenvalue weighted by Crippen LogP contribution is -2.71. The number of amides is 2. The standard InChI is InChI=1S/C27H28N6O8S2/c28-26-30-18(13-43-26)19(32-38)22(34)31-20-23(35)33-21(16(12-42-24(20)33)9-8-15-5-4-10-29-11-15)25(36)39-14-40-27(37)41-17-6-2-1-3-7-17/h4-5,8-11,13,17,20,24,38H,1-3,6-7,12,14H2,(H2,28,30)(H,31,34)/b9-8-,32-19-/t20-,24-/m1/s1. The van der Waals surface area contributed by atoms with Crippen molar-refractivity contribution < 1.29 is 38.6 Å². The van der Waals surface area contributed by atoms with Crippen LogP contribution < -0.4 is 11.1 Å². The largest absolute Gasteiger partial charge is 0.511 e. The molecular formula is C27H28N6O8S2. The monoisotopic (exact) mass is 628 g/mol. The van der Waals surface area contributed by atoms with Crippen LogP contribution in [0, 0.1) is 0 Å². The van der Waals surface area contributed by atoms with E-state index in [1.54, 1.807) is 30.6 Å². The van der Waals surface area contributed by atoms with Crippen molar-refractivity contribution >= 4 is 64.0 Å². The second-order valence-corrected chi connectivity index (χ2v) is 11.7. The van der Waals surface area contributed by atoms with Crippen LogP contribution in [0.15, 0.2) is 52.4 Å². The number of thioether (sulfide) groups is 1. The smallest absolute Gasteiger partial charge is 0.431 e. The number of fused-ring (bicyclic) bond motifs is 1. The molecule has 43 heavy (non-hydrogen) atoms. The normalized spacial score (nSPS) is 20.8. The molecule has 2 fully saturated rings. The Labute approximate surface area is 254 Å². The van der Waals surface area contributed by atoms with Gasteiger partial charge in [-0.15, -0.1) is 23.1 Å². The van der Waals surface area contributed by atoms with E-state index in [1.165, 1.54) is 22.0 Å². The Kier molecular flexibility index (Phi) is 9.56. The number of pyridine rings is 1. The van der Waals surface area contributed by atoms with Crippen molar-refractivity contribution in [3.8, 4) is 0 Å². The van der Waals surface area contributed by atoms with Gasteiger partial charge in [0.05, 0.1) is 0 Å². The maximum Gasteiger partial charge on any atom is 0.511 e. The number of hydrogen-bond donors (Lipinski definition) is 3. The maximum absolute atomic E-state index is 13.3. The SMILES string of the molecule is Nc1nc(/C(=N/O)C(=O)N[C@@H]2C(=O)N3C(C(=O)OCOC(=O)OC4CCCCC4)=C(/C=C\c4cccnc4)CS[C@H]23)cs1. The van der Waals surface area contributed by atoms with E-state index in [-0.39, 0.29) is 28.4 Å². The van der Waals surface area contributed by atoms with Crippen LogP contribution in [-0.4, -0.2) is 79.8 Å². The molecule has 2 aromatic heterocycles. The Hall–Kier alpha value is -4.44. The topological polar surface area (TPSA) is 196 Å². The first-order chi connectivity index (χ1) is 20.9. The minimum atomic E-state index is -1.03. The van der Waals surface area contributed by atoms with E-state index >= 15 is 0 Å². The molecule has 0 radical (unpaired) electrons. The highest BCUT2D eigenvalue weighted by Gasteiger charge is 2.54. The Morgan fingerprint density at radius 2 is 2.02 bits per heavy atom. The summed E-state index contributed by atoms with van der Waals surface area (Å²) in [5.41, 5.74) is 6.45. The fraction of sp³-hybridized carbons (Fsp3) is 0.370. The molecule has 2 aliphatic heterocycles. The van der Waals surface area contributed by atoms with Crippen molar-refractivity contribution in [2.75, 3.05) is 18.3 Å². The summed E-state index contributed by atoms with van der Waals surface area (Å²) in [5.74, 6) is -2.03. The molecule has 16 heteroatoms. The van der Waals surface area contributed by atoms with Gasteiger partial charge in [0.2, 0.25) is 6.79 Å². The molecule has 1 aliphatic carbocycles. The van der Waals surface area contributed by atoms with Crippen molar-refractivity contribution in [1.29, 1.82) is 0 Å². The number of thiazole rings is 1. The maximum atomic E-state index is 13.3. The molecule has 4 N–H and O–H groups in total. The van der Waals surface area contributed by atoms with Gasteiger partial charge in [0.15, 0.2) is 10.8 Å². The van der Waals surface area contributed by atoms with Gasteiger partial charge in [-0.1, -0.05) is 29.8 Å². The summed E-state index contributed by atoms with van der Waals surface area (Å²) in [6.07, 6.45) is 10.1. The van der Waals surface area contributed by atoms with Gasteiger partial charge in [0, 0.05) is 23.5 Å². The van der Waals surface area contributed by atoms with E-state index in [9.17, 15) is 24.4 Å². The molecule has 0 bridgehead atoms. The minimum absolute atomic E-state index is 0.0491. The summed E-state index contributed by atoms with van der Waals surface area (Å²) in [7, 11) is 0. The second kappa shape index (κ2) is 13.7. The van der Waals surface area contributed by atoms with Crippen molar-refractivity contribution in [2.24, 2.45) is 5.16 Å². The molecule has 2 aromatic rings. The number of nitrogen functional groups attached to an aromatic ring is 1. The van der Waals surface area contributed by atoms with Crippen LogP contribution in [0.25, 0.3) is 6.08 Å². The fourth-order valence-corrected chi connectivity index (χ4v) is 6.67. The van der Waals surface area contributed by atoms with Crippen molar-refractivity contribution in [3.05, 3.63) is 58.5 Å². The number of carbonyl (C=O) groups excluding carboxylic acids is 4. The molecule has 226 valence electrons. The van der Waals surface area contributed by atoms with Crippen LogP contribution in [-0.2, 0) is 28.6 Å². The number of oxime groups is 1.